The van der Waals surface area contributed by atoms with Gasteiger partial charge in [-0.15, -0.1) is 0 Å². The minimum absolute atomic E-state index is 0.112. The summed E-state index contributed by atoms with van der Waals surface area (Å²) in [5, 5.41) is 9.77. The lowest BCUT2D eigenvalue weighted by Gasteiger charge is -2.42. The highest BCUT2D eigenvalue weighted by molar-refractivity contribution is 5.78. The van der Waals surface area contributed by atoms with Crippen molar-refractivity contribution in [2.75, 3.05) is 66.3 Å². The zero-order valence-electron chi connectivity index (χ0n) is 13.1. The molecule has 2 rings (SSSR count). The van der Waals surface area contributed by atoms with Crippen LogP contribution in [0.4, 0.5) is 0 Å². The Kier molecular flexibility index (Phi) is 6.41. The molecule has 2 saturated heterocycles. The molecule has 0 aliphatic carbocycles. The Morgan fingerprint density at radius 3 is 2.76 bits per heavy atom. The third-order valence-corrected chi connectivity index (χ3v) is 4.64. The van der Waals surface area contributed by atoms with Crippen LogP contribution in [0.1, 0.15) is 19.3 Å². The number of piperidine rings is 1. The van der Waals surface area contributed by atoms with Gasteiger partial charge >= 0.3 is 0 Å². The molecule has 1 N–H and O–H groups in total. The lowest BCUT2D eigenvalue weighted by molar-refractivity contribution is -0.137. The molecule has 21 heavy (non-hydrogen) atoms. The minimum atomic E-state index is -0.112. The Balaban J connectivity index is 1.86. The summed E-state index contributed by atoms with van der Waals surface area (Å²) < 4.78 is 10.4. The molecule has 2 fully saturated rings. The summed E-state index contributed by atoms with van der Waals surface area (Å²) in [6.45, 7) is 5.66. The molecule has 0 aromatic heterocycles. The standard InChI is InChI=1S/C15H28N2O4/c1-20-8-4-15(13-18)3-2-5-16(12-15)11-14(19)17-6-9-21-10-7-17/h18H,2-13H2,1H3/t15-/m0/s1. The third-order valence-electron chi connectivity index (χ3n) is 4.64. The van der Waals surface area contributed by atoms with E-state index in [1.54, 1.807) is 7.11 Å². The van der Waals surface area contributed by atoms with E-state index in [1.807, 2.05) is 4.90 Å². The quantitative estimate of drug-likeness (QED) is 0.745. The number of likely N-dealkylation sites (tertiary alicyclic amines) is 1. The summed E-state index contributed by atoms with van der Waals surface area (Å²) >= 11 is 0. The Labute approximate surface area is 127 Å². The maximum Gasteiger partial charge on any atom is 0.236 e. The Hall–Kier alpha value is -0.690. The van der Waals surface area contributed by atoms with Crippen molar-refractivity contribution in [3.05, 3.63) is 0 Å². The van der Waals surface area contributed by atoms with Crippen LogP contribution in [0.25, 0.3) is 0 Å². The van der Waals surface area contributed by atoms with Gasteiger partial charge in [0.1, 0.15) is 0 Å². The van der Waals surface area contributed by atoms with Crippen LogP contribution in [0.3, 0.4) is 0 Å². The van der Waals surface area contributed by atoms with Crippen LogP contribution in [-0.4, -0.2) is 87.1 Å². The number of amides is 1. The molecule has 1 atom stereocenters. The lowest BCUT2D eigenvalue weighted by atomic mass is 9.78. The molecule has 0 unspecified atom stereocenters. The predicted octanol–water partition coefficient (Wildman–Crippen LogP) is -0.0438. The zero-order valence-corrected chi connectivity index (χ0v) is 13.1. The van der Waals surface area contributed by atoms with Crippen molar-refractivity contribution in [1.29, 1.82) is 0 Å². The van der Waals surface area contributed by atoms with E-state index in [9.17, 15) is 9.90 Å². The molecule has 6 heteroatoms. The van der Waals surface area contributed by atoms with Crippen LogP contribution in [0.2, 0.25) is 0 Å². The fraction of sp³-hybridized carbons (Fsp3) is 0.933. The molecule has 2 aliphatic rings. The second-order valence-electron chi connectivity index (χ2n) is 6.21. The van der Waals surface area contributed by atoms with Crippen molar-refractivity contribution < 1.29 is 19.4 Å². The second-order valence-corrected chi connectivity index (χ2v) is 6.21. The maximum atomic E-state index is 12.3. The van der Waals surface area contributed by atoms with Crippen molar-refractivity contribution in [3.63, 3.8) is 0 Å². The van der Waals surface area contributed by atoms with E-state index in [0.29, 0.717) is 39.5 Å². The van der Waals surface area contributed by atoms with Crippen LogP contribution < -0.4 is 0 Å². The van der Waals surface area contributed by atoms with E-state index in [4.69, 9.17) is 9.47 Å². The van der Waals surface area contributed by atoms with Gasteiger partial charge in [0, 0.05) is 38.8 Å². The van der Waals surface area contributed by atoms with Gasteiger partial charge in [-0.25, -0.2) is 0 Å². The molecule has 0 aromatic rings. The fourth-order valence-corrected chi connectivity index (χ4v) is 3.28. The molecule has 0 radical (unpaired) electrons. The molecular formula is C15H28N2O4. The number of carbonyl (C=O) groups excluding carboxylic acids is 1. The Morgan fingerprint density at radius 1 is 1.33 bits per heavy atom. The van der Waals surface area contributed by atoms with Gasteiger partial charge in [0.2, 0.25) is 5.91 Å². The van der Waals surface area contributed by atoms with Gasteiger partial charge < -0.3 is 19.5 Å². The number of morpholine rings is 1. The number of carbonyl (C=O) groups is 1. The van der Waals surface area contributed by atoms with Gasteiger partial charge in [0.05, 0.1) is 26.4 Å². The summed E-state index contributed by atoms with van der Waals surface area (Å²) in [6, 6.07) is 0. The highest BCUT2D eigenvalue weighted by Crippen LogP contribution is 2.33. The number of hydrogen-bond acceptors (Lipinski definition) is 5. The highest BCUT2D eigenvalue weighted by Gasteiger charge is 2.35. The fourth-order valence-electron chi connectivity index (χ4n) is 3.28. The largest absolute Gasteiger partial charge is 0.396 e. The second kappa shape index (κ2) is 8.08. The smallest absolute Gasteiger partial charge is 0.236 e. The number of aliphatic hydroxyl groups excluding tert-OH is 1. The first-order valence-corrected chi connectivity index (χ1v) is 7.87. The van der Waals surface area contributed by atoms with Crippen molar-refractivity contribution in [2.24, 2.45) is 5.41 Å². The number of nitrogens with zero attached hydrogens (tertiary/aromatic N) is 2. The van der Waals surface area contributed by atoms with Crippen molar-refractivity contribution >= 4 is 5.91 Å². The average Bonchev–Trinajstić information content (AvgIpc) is 2.54. The van der Waals surface area contributed by atoms with Crippen molar-refractivity contribution in [2.45, 2.75) is 19.3 Å². The van der Waals surface area contributed by atoms with Gasteiger partial charge in [-0.05, 0) is 25.8 Å². The van der Waals surface area contributed by atoms with Crippen LogP contribution in [0.15, 0.2) is 0 Å². The van der Waals surface area contributed by atoms with Gasteiger partial charge in [-0.1, -0.05) is 0 Å². The first kappa shape index (κ1) is 16.7. The lowest BCUT2D eigenvalue weighted by Crippen LogP contribution is -2.51. The van der Waals surface area contributed by atoms with Gasteiger partial charge in [0.15, 0.2) is 0 Å². The Bertz CT molecular complexity index is 334. The van der Waals surface area contributed by atoms with Crippen LogP contribution in [0.5, 0.6) is 0 Å². The number of ether oxygens (including phenoxy) is 2. The summed E-state index contributed by atoms with van der Waals surface area (Å²) in [5.74, 6) is 0.179. The highest BCUT2D eigenvalue weighted by atomic mass is 16.5. The van der Waals surface area contributed by atoms with Gasteiger partial charge in [-0.2, -0.15) is 0 Å². The van der Waals surface area contributed by atoms with Crippen molar-refractivity contribution in [1.82, 2.24) is 9.80 Å². The molecule has 0 bridgehead atoms. The van der Waals surface area contributed by atoms with Crippen LogP contribution in [0, 0.1) is 5.41 Å². The predicted molar refractivity (Wildman–Crippen MR) is 79.1 cm³/mol. The van der Waals surface area contributed by atoms with Gasteiger partial charge in [-0.3, -0.25) is 9.69 Å². The molecule has 6 nitrogen and oxygen atoms in total. The SMILES string of the molecule is COCC[C@@]1(CO)CCCN(CC(=O)N2CCOCC2)C1. The van der Waals surface area contributed by atoms with Gasteiger partial charge in [0.25, 0.3) is 0 Å². The molecule has 0 saturated carbocycles. The average molecular weight is 300 g/mol. The topological polar surface area (TPSA) is 62.2 Å². The van der Waals surface area contributed by atoms with E-state index in [1.165, 1.54) is 0 Å². The first-order valence-electron chi connectivity index (χ1n) is 7.87. The molecule has 2 heterocycles. The first-order chi connectivity index (χ1) is 10.2. The summed E-state index contributed by atoms with van der Waals surface area (Å²) in [5.41, 5.74) is -0.112. The monoisotopic (exact) mass is 300 g/mol. The van der Waals surface area contributed by atoms with E-state index in [2.05, 4.69) is 4.90 Å². The Morgan fingerprint density at radius 2 is 2.10 bits per heavy atom. The summed E-state index contributed by atoms with van der Waals surface area (Å²) in [4.78, 5) is 16.4. The van der Waals surface area contributed by atoms with Crippen molar-refractivity contribution in [3.8, 4) is 0 Å². The maximum absolute atomic E-state index is 12.3. The van der Waals surface area contributed by atoms with E-state index < -0.39 is 0 Å². The summed E-state index contributed by atoms with van der Waals surface area (Å²) in [7, 11) is 1.69. The molecular weight excluding hydrogens is 272 g/mol. The number of aliphatic hydroxyl groups is 1. The molecule has 1 amide bonds. The number of rotatable bonds is 6. The number of hydrogen-bond donors (Lipinski definition) is 1. The minimum Gasteiger partial charge on any atom is -0.396 e. The third kappa shape index (κ3) is 4.64. The van der Waals surface area contributed by atoms with E-state index in [-0.39, 0.29) is 17.9 Å². The zero-order chi connectivity index (χ0) is 15.1. The molecule has 0 spiro atoms. The van der Waals surface area contributed by atoms with Crippen LogP contribution in [-0.2, 0) is 14.3 Å². The van der Waals surface area contributed by atoms with E-state index >= 15 is 0 Å². The normalized spacial score (nSPS) is 27.8. The van der Waals surface area contributed by atoms with E-state index in [0.717, 1.165) is 32.4 Å². The molecule has 122 valence electrons. The number of methoxy groups -OCH3 is 1. The molecule has 2 aliphatic heterocycles. The molecule has 0 aromatic carbocycles. The van der Waals surface area contributed by atoms with Crippen LogP contribution >= 0.6 is 0 Å². The summed E-state index contributed by atoms with van der Waals surface area (Å²) in [6.07, 6.45) is 2.89.